The fraction of sp³-hybridized carbons (Fsp3) is 0.450. The first-order valence-electron chi connectivity index (χ1n) is 9.29. The Morgan fingerprint density at radius 1 is 1.04 bits per heavy atom. The van der Waals surface area contributed by atoms with Crippen molar-refractivity contribution in [1.29, 1.82) is 0 Å². The molecule has 0 unspecified atom stereocenters. The van der Waals surface area contributed by atoms with Crippen LogP contribution < -0.4 is 4.74 Å². The van der Waals surface area contributed by atoms with Gasteiger partial charge >= 0.3 is 0 Å². The van der Waals surface area contributed by atoms with Crippen LogP contribution in [0.2, 0.25) is 0 Å². The van der Waals surface area contributed by atoms with Crippen LogP contribution in [0.3, 0.4) is 0 Å². The zero-order valence-corrected chi connectivity index (χ0v) is 16.1. The van der Waals surface area contributed by atoms with Crippen molar-refractivity contribution in [3.05, 3.63) is 47.3 Å². The molecule has 0 atom stereocenters. The summed E-state index contributed by atoms with van der Waals surface area (Å²) in [5.41, 5.74) is 2.18. The third-order valence-electron chi connectivity index (χ3n) is 4.85. The lowest BCUT2D eigenvalue weighted by Crippen LogP contribution is -2.50. The molecule has 1 aliphatic rings. The quantitative estimate of drug-likeness (QED) is 0.807. The Morgan fingerprint density at radius 3 is 2.19 bits per heavy atom. The summed E-state index contributed by atoms with van der Waals surface area (Å²) < 4.78 is 6.78. The molecule has 0 radical (unpaired) electrons. The van der Waals surface area contributed by atoms with Crippen LogP contribution >= 0.6 is 0 Å². The molecular weight excluding hydrogens is 344 g/mol. The van der Waals surface area contributed by atoms with Crippen LogP contribution in [0, 0.1) is 0 Å². The number of hydrogen-bond acceptors (Lipinski definition) is 4. The minimum Gasteiger partial charge on any atom is -0.497 e. The van der Waals surface area contributed by atoms with Crippen LogP contribution in [-0.2, 0) is 13.5 Å². The molecule has 7 nitrogen and oxygen atoms in total. The summed E-state index contributed by atoms with van der Waals surface area (Å²) >= 11 is 0. The summed E-state index contributed by atoms with van der Waals surface area (Å²) in [5, 5.41) is 4.41. The molecule has 1 aliphatic heterocycles. The number of benzene rings is 1. The summed E-state index contributed by atoms with van der Waals surface area (Å²) in [6.07, 6.45) is 1.86. The average Bonchev–Trinajstić information content (AvgIpc) is 3.07. The maximum Gasteiger partial charge on any atom is 0.272 e. The Kier molecular flexibility index (Phi) is 5.78. The SMILES string of the molecule is CCCc1cc(C(=O)N2CCN(C(=O)c3ccc(OC)cc3)CC2)n(C)n1. The third kappa shape index (κ3) is 4.13. The largest absolute Gasteiger partial charge is 0.497 e. The fourth-order valence-corrected chi connectivity index (χ4v) is 3.30. The van der Waals surface area contributed by atoms with E-state index in [2.05, 4.69) is 12.0 Å². The van der Waals surface area contributed by atoms with E-state index in [1.165, 1.54) is 0 Å². The highest BCUT2D eigenvalue weighted by atomic mass is 16.5. The smallest absolute Gasteiger partial charge is 0.272 e. The molecule has 2 aromatic rings. The number of hydrogen-bond donors (Lipinski definition) is 0. The van der Waals surface area contributed by atoms with Crippen molar-refractivity contribution in [2.24, 2.45) is 7.05 Å². The van der Waals surface area contributed by atoms with Crippen LogP contribution in [0.5, 0.6) is 5.75 Å². The van der Waals surface area contributed by atoms with Gasteiger partial charge in [0.1, 0.15) is 11.4 Å². The molecule has 0 aliphatic carbocycles. The van der Waals surface area contributed by atoms with Gasteiger partial charge in [-0.1, -0.05) is 13.3 Å². The van der Waals surface area contributed by atoms with E-state index in [9.17, 15) is 9.59 Å². The summed E-state index contributed by atoms with van der Waals surface area (Å²) in [5.74, 6) is 0.681. The Labute approximate surface area is 159 Å². The van der Waals surface area contributed by atoms with E-state index in [0.29, 0.717) is 37.4 Å². The fourth-order valence-electron chi connectivity index (χ4n) is 3.30. The van der Waals surface area contributed by atoms with Gasteiger partial charge in [0.2, 0.25) is 0 Å². The maximum absolute atomic E-state index is 12.8. The number of rotatable bonds is 5. The second-order valence-corrected chi connectivity index (χ2v) is 6.71. The van der Waals surface area contributed by atoms with Gasteiger partial charge in [0.05, 0.1) is 12.8 Å². The third-order valence-corrected chi connectivity index (χ3v) is 4.85. The van der Waals surface area contributed by atoms with Crippen LogP contribution in [0.1, 0.15) is 39.9 Å². The maximum atomic E-state index is 12.8. The van der Waals surface area contributed by atoms with Crippen molar-refractivity contribution >= 4 is 11.8 Å². The monoisotopic (exact) mass is 370 g/mol. The van der Waals surface area contributed by atoms with Gasteiger partial charge in [-0.25, -0.2) is 0 Å². The number of carbonyl (C=O) groups is 2. The van der Waals surface area contributed by atoms with Gasteiger partial charge in [0.15, 0.2) is 0 Å². The first kappa shape index (κ1) is 18.9. The Hall–Kier alpha value is -2.83. The first-order valence-corrected chi connectivity index (χ1v) is 9.29. The topological polar surface area (TPSA) is 67.7 Å². The van der Waals surface area contributed by atoms with Gasteiger partial charge in [-0.3, -0.25) is 14.3 Å². The minimum atomic E-state index is -0.0242. The Morgan fingerprint density at radius 2 is 1.63 bits per heavy atom. The lowest BCUT2D eigenvalue weighted by Gasteiger charge is -2.34. The molecule has 1 aromatic carbocycles. The molecule has 0 N–H and O–H groups in total. The van der Waals surface area contributed by atoms with E-state index in [0.717, 1.165) is 24.3 Å². The van der Waals surface area contributed by atoms with Gasteiger partial charge in [-0.15, -0.1) is 0 Å². The van der Waals surface area contributed by atoms with Crippen LogP contribution in [0.15, 0.2) is 30.3 Å². The van der Waals surface area contributed by atoms with E-state index in [1.807, 2.05) is 6.07 Å². The molecule has 27 heavy (non-hydrogen) atoms. The molecular formula is C20H26N4O3. The molecule has 0 spiro atoms. The van der Waals surface area contributed by atoms with E-state index >= 15 is 0 Å². The second kappa shape index (κ2) is 8.24. The second-order valence-electron chi connectivity index (χ2n) is 6.71. The van der Waals surface area contributed by atoms with E-state index in [1.54, 1.807) is 52.9 Å². The highest BCUT2D eigenvalue weighted by molar-refractivity contribution is 5.95. The Bertz CT molecular complexity index is 805. The molecule has 0 bridgehead atoms. The van der Waals surface area contributed by atoms with Crippen molar-refractivity contribution in [1.82, 2.24) is 19.6 Å². The van der Waals surface area contributed by atoms with Crippen LogP contribution in [-0.4, -0.2) is 64.7 Å². The van der Waals surface area contributed by atoms with Gasteiger partial charge in [0, 0.05) is 38.8 Å². The number of piperazine rings is 1. The van der Waals surface area contributed by atoms with Crippen molar-refractivity contribution in [2.75, 3.05) is 33.3 Å². The predicted octanol–water partition coefficient (Wildman–Crippen LogP) is 1.98. The zero-order valence-electron chi connectivity index (χ0n) is 16.1. The van der Waals surface area contributed by atoms with Gasteiger partial charge in [-0.05, 0) is 36.8 Å². The van der Waals surface area contributed by atoms with E-state index in [4.69, 9.17) is 4.74 Å². The summed E-state index contributed by atoms with van der Waals surface area (Å²) in [7, 11) is 3.40. The molecule has 7 heteroatoms. The first-order chi connectivity index (χ1) is 13.0. The van der Waals surface area contributed by atoms with Crippen LogP contribution in [0.4, 0.5) is 0 Å². The van der Waals surface area contributed by atoms with Gasteiger partial charge < -0.3 is 14.5 Å². The highest BCUT2D eigenvalue weighted by Gasteiger charge is 2.27. The lowest BCUT2D eigenvalue weighted by atomic mass is 10.1. The number of nitrogens with zero attached hydrogens (tertiary/aromatic N) is 4. The lowest BCUT2D eigenvalue weighted by molar-refractivity contribution is 0.0529. The highest BCUT2D eigenvalue weighted by Crippen LogP contribution is 2.16. The summed E-state index contributed by atoms with van der Waals surface area (Å²) in [6, 6.07) is 8.97. The molecule has 2 heterocycles. The predicted molar refractivity (Wildman–Crippen MR) is 102 cm³/mol. The Balaban J connectivity index is 1.61. The van der Waals surface area contributed by atoms with Crippen molar-refractivity contribution in [3.8, 4) is 5.75 Å². The standard InChI is InChI=1S/C20H26N4O3/c1-4-5-16-14-18(22(2)21-16)20(26)24-12-10-23(11-13-24)19(25)15-6-8-17(27-3)9-7-15/h6-9,14H,4-5,10-13H2,1-3H3. The molecule has 144 valence electrons. The van der Waals surface area contributed by atoms with Crippen LogP contribution in [0.25, 0.3) is 0 Å². The number of amides is 2. The molecule has 1 saturated heterocycles. The summed E-state index contributed by atoms with van der Waals surface area (Å²) in [6.45, 7) is 4.19. The molecule has 2 amide bonds. The molecule has 0 saturated carbocycles. The van der Waals surface area contributed by atoms with E-state index < -0.39 is 0 Å². The van der Waals surface area contributed by atoms with Crippen molar-refractivity contribution in [2.45, 2.75) is 19.8 Å². The number of carbonyl (C=O) groups excluding carboxylic acids is 2. The summed E-state index contributed by atoms with van der Waals surface area (Å²) in [4.78, 5) is 29.0. The molecule has 1 aromatic heterocycles. The van der Waals surface area contributed by atoms with Crippen molar-refractivity contribution < 1.29 is 14.3 Å². The number of aromatic nitrogens is 2. The molecule has 3 rings (SSSR count). The minimum absolute atomic E-state index is 0.0180. The number of aryl methyl sites for hydroxylation is 2. The van der Waals surface area contributed by atoms with E-state index in [-0.39, 0.29) is 11.8 Å². The number of ether oxygens (including phenoxy) is 1. The van der Waals surface area contributed by atoms with Crippen molar-refractivity contribution in [3.63, 3.8) is 0 Å². The normalized spacial score (nSPS) is 14.3. The average molecular weight is 370 g/mol. The van der Waals surface area contributed by atoms with Gasteiger partial charge in [0.25, 0.3) is 11.8 Å². The zero-order chi connectivity index (χ0) is 19.4. The number of methoxy groups -OCH3 is 1. The van der Waals surface area contributed by atoms with Gasteiger partial charge in [-0.2, -0.15) is 5.10 Å². The molecule has 1 fully saturated rings.